The van der Waals surface area contributed by atoms with E-state index in [-0.39, 0.29) is 35.9 Å². The van der Waals surface area contributed by atoms with E-state index in [1.807, 2.05) is 51.8 Å². The number of halogens is 1. The van der Waals surface area contributed by atoms with E-state index in [1.54, 1.807) is 12.1 Å². The van der Waals surface area contributed by atoms with Crippen LogP contribution in [0.1, 0.15) is 63.9 Å². The van der Waals surface area contributed by atoms with E-state index in [1.165, 1.54) is 0 Å². The van der Waals surface area contributed by atoms with Gasteiger partial charge in [0.25, 0.3) is 0 Å². The Balaban J connectivity index is 0.00000961. The Kier molecular flexibility index (Phi) is 13.3. The maximum atomic E-state index is 12.2. The summed E-state index contributed by atoms with van der Waals surface area (Å²) in [5.74, 6) is 0.605. The largest absolute Gasteiger partial charge is 0.444 e. The average Bonchev–Trinajstić information content (AvgIpc) is 2.66. The highest BCUT2D eigenvalue weighted by Gasteiger charge is 2.22. The fourth-order valence-corrected chi connectivity index (χ4v) is 2.88. The van der Waals surface area contributed by atoms with Crippen LogP contribution in [0.4, 0.5) is 4.79 Å². The van der Waals surface area contributed by atoms with Crippen LogP contribution in [0.25, 0.3) is 0 Å². The normalized spacial score (nSPS) is 12.6. The van der Waals surface area contributed by atoms with Gasteiger partial charge in [-0.2, -0.15) is 0 Å². The third-order valence-electron chi connectivity index (χ3n) is 4.63. The van der Waals surface area contributed by atoms with Crippen molar-refractivity contribution in [3.8, 4) is 0 Å². The minimum atomic E-state index is -0.525. The van der Waals surface area contributed by atoms with E-state index in [0.717, 1.165) is 24.5 Å². The molecule has 0 saturated heterocycles. The van der Waals surface area contributed by atoms with E-state index in [9.17, 15) is 9.59 Å². The molecule has 0 aromatic heterocycles. The Labute approximate surface area is 209 Å². The first-order valence-corrected chi connectivity index (χ1v) is 10.8. The predicted molar refractivity (Wildman–Crippen MR) is 140 cm³/mol. The van der Waals surface area contributed by atoms with E-state index in [0.29, 0.717) is 18.7 Å². The number of nitrogens with one attached hydrogen (secondary N) is 2. The van der Waals surface area contributed by atoms with Crippen LogP contribution in [0, 0.1) is 5.92 Å². The van der Waals surface area contributed by atoms with Crippen molar-refractivity contribution in [1.82, 2.24) is 15.5 Å². The number of alkyl carbamates (subject to hydrolysis) is 1. The highest BCUT2D eigenvalue weighted by molar-refractivity contribution is 14.0. The third kappa shape index (κ3) is 11.5. The van der Waals surface area contributed by atoms with Gasteiger partial charge in [-0.15, -0.1) is 24.0 Å². The van der Waals surface area contributed by atoms with E-state index in [2.05, 4.69) is 24.5 Å². The SMILES string of the molecule is CCNC(=NCc1ccc(C(N)=O)cc1)N(C)CCC(NC(=O)OC(C)(C)C)C(C)C.I. The van der Waals surface area contributed by atoms with E-state index >= 15 is 0 Å². The quantitative estimate of drug-likeness (QED) is 0.242. The highest BCUT2D eigenvalue weighted by atomic mass is 127. The van der Waals surface area contributed by atoms with Crippen molar-refractivity contribution in [1.29, 1.82) is 0 Å². The number of benzene rings is 1. The van der Waals surface area contributed by atoms with Crippen molar-refractivity contribution in [2.75, 3.05) is 20.1 Å². The molecule has 1 aromatic rings. The van der Waals surface area contributed by atoms with Crippen LogP contribution in [-0.4, -0.2) is 54.6 Å². The first kappa shape index (κ1) is 30.0. The van der Waals surface area contributed by atoms with Gasteiger partial charge in [0.05, 0.1) is 6.54 Å². The van der Waals surface area contributed by atoms with Crippen LogP contribution < -0.4 is 16.4 Å². The number of rotatable bonds is 9. The summed E-state index contributed by atoms with van der Waals surface area (Å²) in [7, 11) is 1.97. The van der Waals surface area contributed by atoms with Crippen molar-refractivity contribution >= 4 is 41.9 Å². The van der Waals surface area contributed by atoms with Crippen LogP contribution >= 0.6 is 24.0 Å². The monoisotopic (exact) mass is 561 g/mol. The second-order valence-electron chi connectivity index (χ2n) is 8.94. The summed E-state index contributed by atoms with van der Waals surface area (Å²) < 4.78 is 5.39. The summed E-state index contributed by atoms with van der Waals surface area (Å²) in [6, 6.07) is 7.11. The molecule has 1 atom stereocenters. The zero-order valence-electron chi connectivity index (χ0n) is 20.4. The van der Waals surface area contributed by atoms with Crippen LogP contribution in [0.15, 0.2) is 29.3 Å². The van der Waals surface area contributed by atoms with Gasteiger partial charge in [-0.1, -0.05) is 26.0 Å². The minimum Gasteiger partial charge on any atom is -0.444 e. The lowest BCUT2D eigenvalue weighted by molar-refractivity contribution is 0.0485. The van der Waals surface area contributed by atoms with Crippen molar-refractivity contribution in [2.45, 2.75) is 66.2 Å². The smallest absolute Gasteiger partial charge is 0.407 e. The summed E-state index contributed by atoms with van der Waals surface area (Å²) in [6.07, 6.45) is 0.360. The Bertz CT molecular complexity index is 745. The summed E-state index contributed by atoms with van der Waals surface area (Å²) in [6.45, 7) is 13.7. The minimum absolute atomic E-state index is 0. The first-order valence-electron chi connectivity index (χ1n) is 10.8. The number of amides is 2. The molecule has 1 rings (SSSR count). The molecule has 0 bridgehead atoms. The summed E-state index contributed by atoms with van der Waals surface area (Å²) >= 11 is 0. The van der Waals surface area contributed by atoms with Crippen molar-refractivity contribution in [2.24, 2.45) is 16.6 Å². The first-order chi connectivity index (χ1) is 14.4. The number of aliphatic imine (C=N–C) groups is 1. The topological polar surface area (TPSA) is 109 Å². The summed E-state index contributed by atoms with van der Waals surface area (Å²) in [4.78, 5) is 30.1. The van der Waals surface area contributed by atoms with Crippen LogP contribution in [0.3, 0.4) is 0 Å². The van der Waals surface area contributed by atoms with Gasteiger partial charge in [0.15, 0.2) is 5.96 Å². The van der Waals surface area contributed by atoms with Crippen LogP contribution in [0.2, 0.25) is 0 Å². The Hall–Kier alpha value is -2.04. The van der Waals surface area contributed by atoms with E-state index < -0.39 is 17.6 Å². The van der Waals surface area contributed by atoms with Gasteiger partial charge >= 0.3 is 6.09 Å². The number of ether oxygens (including phenoxy) is 1. The average molecular weight is 562 g/mol. The lowest BCUT2D eigenvalue weighted by Crippen LogP contribution is -2.45. The van der Waals surface area contributed by atoms with Gasteiger partial charge in [0, 0.05) is 31.7 Å². The maximum Gasteiger partial charge on any atom is 0.407 e. The molecule has 0 saturated carbocycles. The van der Waals surface area contributed by atoms with Gasteiger partial charge in [0.2, 0.25) is 5.91 Å². The molecule has 32 heavy (non-hydrogen) atoms. The standard InChI is InChI=1S/C23H39N5O3.HI/c1-8-25-21(26-15-17-9-11-18(12-10-17)20(24)29)28(7)14-13-19(16(2)3)27-22(30)31-23(4,5)6;/h9-12,16,19H,8,13-15H2,1-7H3,(H2,24,29)(H,25,26)(H,27,30);1H. The highest BCUT2D eigenvalue weighted by Crippen LogP contribution is 2.11. The zero-order valence-corrected chi connectivity index (χ0v) is 22.7. The molecule has 0 aliphatic heterocycles. The van der Waals surface area contributed by atoms with Gasteiger partial charge in [-0.25, -0.2) is 9.79 Å². The van der Waals surface area contributed by atoms with Gasteiger partial charge in [-0.05, 0) is 57.7 Å². The Morgan fingerprint density at radius 1 is 1.19 bits per heavy atom. The van der Waals surface area contributed by atoms with Crippen LogP contribution in [0.5, 0.6) is 0 Å². The molecule has 0 spiro atoms. The molecular formula is C23H40IN5O3. The predicted octanol–water partition coefficient (Wildman–Crippen LogP) is 3.74. The molecule has 0 fully saturated rings. The third-order valence-corrected chi connectivity index (χ3v) is 4.63. The molecule has 1 aromatic carbocycles. The number of nitrogens with two attached hydrogens (primary N) is 1. The molecule has 1 unspecified atom stereocenters. The second-order valence-corrected chi connectivity index (χ2v) is 8.94. The Morgan fingerprint density at radius 2 is 1.78 bits per heavy atom. The fourth-order valence-electron chi connectivity index (χ4n) is 2.88. The molecule has 0 aliphatic carbocycles. The number of hydrogen-bond donors (Lipinski definition) is 3. The number of carbonyl (C=O) groups excluding carboxylic acids is 2. The molecule has 4 N–H and O–H groups in total. The molecule has 9 heteroatoms. The maximum absolute atomic E-state index is 12.2. The van der Waals surface area contributed by atoms with Crippen LogP contribution in [-0.2, 0) is 11.3 Å². The lowest BCUT2D eigenvalue weighted by Gasteiger charge is -2.28. The molecule has 0 aliphatic rings. The van der Waals surface area contributed by atoms with Crippen molar-refractivity contribution in [3.63, 3.8) is 0 Å². The molecule has 0 heterocycles. The molecule has 2 amide bonds. The lowest BCUT2D eigenvalue weighted by atomic mass is 10.0. The second kappa shape index (κ2) is 14.2. The zero-order chi connectivity index (χ0) is 23.6. The fraction of sp³-hybridized carbons (Fsp3) is 0.609. The summed E-state index contributed by atoms with van der Waals surface area (Å²) in [5, 5.41) is 6.28. The number of hydrogen-bond acceptors (Lipinski definition) is 4. The number of guanidine groups is 1. The molecule has 8 nitrogen and oxygen atoms in total. The van der Waals surface area contributed by atoms with Crippen molar-refractivity contribution < 1.29 is 14.3 Å². The Morgan fingerprint density at radius 3 is 2.25 bits per heavy atom. The van der Waals surface area contributed by atoms with E-state index in [4.69, 9.17) is 15.5 Å². The molecular weight excluding hydrogens is 521 g/mol. The summed E-state index contributed by atoms with van der Waals surface area (Å²) in [5.41, 5.74) is 6.23. The molecule has 0 radical (unpaired) electrons. The van der Waals surface area contributed by atoms with Gasteiger partial charge in [-0.3, -0.25) is 4.79 Å². The number of carbonyl (C=O) groups is 2. The van der Waals surface area contributed by atoms with Gasteiger partial charge < -0.3 is 26.0 Å². The number of nitrogens with zero attached hydrogens (tertiary/aromatic N) is 2. The number of primary amides is 1. The van der Waals surface area contributed by atoms with Crippen molar-refractivity contribution in [3.05, 3.63) is 35.4 Å². The molecule has 182 valence electrons. The van der Waals surface area contributed by atoms with Gasteiger partial charge in [0.1, 0.15) is 5.60 Å².